The average Bonchev–Trinajstić information content (AvgIpc) is 3.33. The van der Waals surface area contributed by atoms with E-state index in [1.54, 1.807) is 23.6 Å². The van der Waals surface area contributed by atoms with Crippen LogP contribution in [-0.4, -0.2) is 84.6 Å². The SMILES string of the molecule is Cc1cccc(/C(N)=C/C=N/c2nc(N3CCOCC3)c3sc(N4CCN(C(C)C)CC4)nc3n2)c1. The lowest BCUT2D eigenvalue weighted by molar-refractivity contribution is 0.122. The molecule has 1 aromatic carbocycles. The number of aromatic nitrogens is 3. The standard InChI is InChI=1S/C26H34N8OS/c1-18(2)32-9-11-34(12-10-32)26-30-23-22(36-26)24(33-13-15-35-16-14-33)31-25(29-23)28-8-7-21(27)20-6-4-5-19(3)17-20/h4-8,17-18H,9-16,27H2,1-3H3/b21-7-,28-8+. The molecule has 0 amide bonds. The minimum atomic E-state index is 0.388. The van der Waals surface area contributed by atoms with Crippen LogP contribution in [0.15, 0.2) is 35.3 Å². The molecule has 0 spiro atoms. The predicted octanol–water partition coefficient (Wildman–Crippen LogP) is 3.46. The molecule has 2 N–H and O–H groups in total. The molecule has 0 aliphatic carbocycles. The van der Waals surface area contributed by atoms with Crippen LogP contribution < -0.4 is 15.5 Å². The lowest BCUT2D eigenvalue weighted by Gasteiger charge is -2.36. The van der Waals surface area contributed by atoms with Gasteiger partial charge in [0.1, 0.15) is 4.70 Å². The largest absolute Gasteiger partial charge is 0.398 e. The van der Waals surface area contributed by atoms with Crippen LogP contribution in [0.2, 0.25) is 0 Å². The zero-order valence-electron chi connectivity index (χ0n) is 21.2. The third kappa shape index (κ3) is 5.50. The van der Waals surface area contributed by atoms with Gasteiger partial charge in [0.2, 0.25) is 0 Å². The van der Waals surface area contributed by atoms with E-state index in [1.165, 1.54) is 0 Å². The van der Waals surface area contributed by atoms with Crippen molar-refractivity contribution in [3.8, 4) is 0 Å². The fourth-order valence-electron chi connectivity index (χ4n) is 4.50. The number of ether oxygens (including phenoxy) is 1. The number of rotatable bonds is 6. The summed E-state index contributed by atoms with van der Waals surface area (Å²) in [7, 11) is 0. The molecular weight excluding hydrogens is 472 g/mol. The van der Waals surface area contributed by atoms with Gasteiger partial charge >= 0.3 is 0 Å². The molecule has 2 saturated heterocycles. The molecule has 0 unspecified atom stereocenters. The number of hydrogen-bond acceptors (Lipinski definition) is 10. The Kier molecular flexibility index (Phi) is 7.45. The second kappa shape index (κ2) is 10.9. The van der Waals surface area contributed by atoms with Crippen LogP contribution in [0.5, 0.6) is 0 Å². The summed E-state index contributed by atoms with van der Waals surface area (Å²) < 4.78 is 6.58. The van der Waals surface area contributed by atoms with E-state index in [4.69, 9.17) is 25.4 Å². The summed E-state index contributed by atoms with van der Waals surface area (Å²) in [6.07, 6.45) is 3.46. The molecule has 2 aliphatic heterocycles. The van der Waals surface area contributed by atoms with Gasteiger partial charge in [0.25, 0.3) is 5.95 Å². The van der Waals surface area contributed by atoms with Gasteiger partial charge in [-0.15, -0.1) is 0 Å². The Hall–Kier alpha value is -3.08. The van der Waals surface area contributed by atoms with Gasteiger partial charge < -0.3 is 20.3 Å². The van der Waals surface area contributed by atoms with Crippen molar-refractivity contribution < 1.29 is 4.74 Å². The maximum atomic E-state index is 6.27. The van der Waals surface area contributed by atoms with E-state index in [-0.39, 0.29) is 0 Å². The lowest BCUT2D eigenvalue weighted by Crippen LogP contribution is -2.48. The minimum Gasteiger partial charge on any atom is -0.398 e. The summed E-state index contributed by atoms with van der Waals surface area (Å²) in [6.45, 7) is 13.5. The monoisotopic (exact) mass is 506 g/mol. The summed E-state index contributed by atoms with van der Waals surface area (Å²) in [5, 5.41) is 1.00. The topological polar surface area (TPSA) is 96.0 Å². The molecule has 2 aromatic heterocycles. The van der Waals surface area contributed by atoms with Crippen LogP contribution in [0.25, 0.3) is 16.0 Å². The van der Waals surface area contributed by atoms with Crippen LogP contribution in [0.4, 0.5) is 16.9 Å². The molecule has 4 heterocycles. The first-order chi connectivity index (χ1) is 17.5. The van der Waals surface area contributed by atoms with E-state index in [1.807, 2.05) is 25.1 Å². The highest BCUT2D eigenvalue weighted by Crippen LogP contribution is 2.36. The predicted molar refractivity (Wildman–Crippen MR) is 149 cm³/mol. The highest BCUT2D eigenvalue weighted by molar-refractivity contribution is 7.22. The van der Waals surface area contributed by atoms with Crippen LogP contribution >= 0.6 is 11.3 Å². The first-order valence-corrected chi connectivity index (χ1v) is 13.4. The first kappa shape index (κ1) is 24.6. The molecule has 5 rings (SSSR count). The molecule has 9 nitrogen and oxygen atoms in total. The fourth-order valence-corrected chi connectivity index (χ4v) is 5.58. The maximum absolute atomic E-state index is 6.27. The van der Waals surface area contributed by atoms with Crippen molar-refractivity contribution in [3.63, 3.8) is 0 Å². The molecule has 0 atom stereocenters. The average molecular weight is 507 g/mol. The number of allylic oxidation sites excluding steroid dienone is 1. The molecule has 10 heteroatoms. The number of nitrogens with zero attached hydrogens (tertiary/aromatic N) is 7. The van der Waals surface area contributed by atoms with Crippen molar-refractivity contribution in [1.82, 2.24) is 19.9 Å². The highest BCUT2D eigenvalue weighted by Gasteiger charge is 2.25. The van der Waals surface area contributed by atoms with E-state index in [9.17, 15) is 0 Å². The van der Waals surface area contributed by atoms with Crippen molar-refractivity contribution in [2.24, 2.45) is 10.7 Å². The molecule has 190 valence electrons. The van der Waals surface area contributed by atoms with Gasteiger partial charge in [0.15, 0.2) is 16.6 Å². The van der Waals surface area contributed by atoms with Crippen molar-refractivity contribution in [2.45, 2.75) is 26.8 Å². The second-order valence-electron chi connectivity index (χ2n) is 9.48. The van der Waals surface area contributed by atoms with Crippen LogP contribution in [0, 0.1) is 6.92 Å². The number of piperazine rings is 1. The summed E-state index contributed by atoms with van der Waals surface area (Å²) in [6, 6.07) is 8.65. The fraction of sp³-hybridized carbons (Fsp3) is 0.462. The van der Waals surface area contributed by atoms with Gasteiger partial charge in [-0.2, -0.15) is 15.0 Å². The van der Waals surface area contributed by atoms with E-state index < -0.39 is 0 Å². The van der Waals surface area contributed by atoms with Crippen LogP contribution in [0.3, 0.4) is 0 Å². The molecule has 2 fully saturated rings. The zero-order valence-corrected chi connectivity index (χ0v) is 22.0. The van der Waals surface area contributed by atoms with E-state index in [0.717, 1.165) is 66.0 Å². The summed E-state index contributed by atoms with van der Waals surface area (Å²) >= 11 is 1.67. The summed E-state index contributed by atoms with van der Waals surface area (Å²) in [4.78, 5) is 26.1. The third-order valence-corrected chi connectivity index (χ3v) is 7.74. The lowest BCUT2D eigenvalue weighted by atomic mass is 10.1. The number of aryl methyl sites for hydroxylation is 1. The van der Waals surface area contributed by atoms with Gasteiger partial charge in [-0.1, -0.05) is 35.1 Å². The van der Waals surface area contributed by atoms with Gasteiger partial charge in [-0.25, -0.2) is 4.99 Å². The van der Waals surface area contributed by atoms with Gasteiger partial charge in [0.05, 0.1) is 13.2 Å². The smallest absolute Gasteiger partial charge is 0.253 e. The molecule has 3 aromatic rings. The van der Waals surface area contributed by atoms with Crippen LogP contribution in [-0.2, 0) is 4.74 Å². The maximum Gasteiger partial charge on any atom is 0.253 e. The first-order valence-electron chi connectivity index (χ1n) is 12.5. The summed E-state index contributed by atoms with van der Waals surface area (Å²) in [5.41, 5.74) is 9.74. The van der Waals surface area contributed by atoms with Crippen LogP contribution in [0.1, 0.15) is 25.0 Å². The number of morpholine rings is 1. The summed E-state index contributed by atoms with van der Waals surface area (Å²) in [5.74, 6) is 1.27. The second-order valence-corrected chi connectivity index (χ2v) is 10.5. The Morgan fingerprint density at radius 2 is 1.83 bits per heavy atom. The quantitative estimate of drug-likeness (QED) is 0.508. The number of aliphatic imine (C=N–C) groups is 1. The molecule has 2 aliphatic rings. The van der Waals surface area contributed by atoms with Gasteiger partial charge in [-0.05, 0) is 38.5 Å². The molecule has 0 bridgehead atoms. The Morgan fingerprint density at radius 3 is 2.56 bits per heavy atom. The van der Waals surface area contributed by atoms with E-state index in [0.29, 0.717) is 36.5 Å². The Morgan fingerprint density at radius 1 is 1.06 bits per heavy atom. The van der Waals surface area contributed by atoms with Crippen molar-refractivity contribution in [2.75, 3.05) is 62.3 Å². The Labute approximate surface area is 216 Å². The molecule has 0 saturated carbocycles. The third-order valence-electron chi connectivity index (χ3n) is 6.63. The molecular formula is C26H34N8OS. The normalized spacial score (nSPS) is 18.2. The van der Waals surface area contributed by atoms with Gasteiger partial charge in [0, 0.05) is 57.2 Å². The van der Waals surface area contributed by atoms with E-state index >= 15 is 0 Å². The molecule has 0 radical (unpaired) electrons. The Bertz CT molecular complexity index is 1260. The molecule has 36 heavy (non-hydrogen) atoms. The minimum absolute atomic E-state index is 0.388. The van der Waals surface area contributed by atoms with Gasteiger partial charge in [-0.3, -0.25) is 4.90 Å². The number of nitrogens with two attached hydrogens (primary N) is 1. The zero-order chi connectivity index (χ0) is 25.1. The number of fused-ring (bicyclic) bond motifs is 1. The number of hydrogen-bond donors (Lipinski definition) is 1. The highest BCUT2D eigenvalue weighted by atomic mass is 32.1. The van der Waals surface area contributed by atoms with E-state index in [2.05, 4.69) is 39.6 Å². The number of benzene rings is 1. The van der Waals surface area contributed by atoms with Crippen molar-refractivity contribution in [1.29, 1.82) is 0 Å². The van der Waals surface area contributed by atoms with Crippen molar-refractivity contribution >= 4 is 50.5 Å². The Balaban J connectivity index is 1.43. The number of thiazole rings is 1. The van der Waals surface area contributed by atoms with Crippen molar-refractivity contribution in [3.05, 3.63) is 41.5 Å². The number of anilines is 2.